The van der Waals surface area contributed by atoms with Gasteiger partial charge in [0.15, 0.2) is 12.0 Å². The van der Waals surface area contributed by atoms with Crippen molar-refractivity contribution >= 4 is 57.8 Å². The maximum Gasteiger partial charge on any atom is 0.302 e. The van der Waals surface area contributed by atoms with Crippen LogP contribution in [0.4, 0.5) is 0 Å². The van der Waals surface area contributed by atoms with Crippen LogP contribution in [0.5, 0.6) is 0 Å². The molecule has 4 rings (SSSR count). The molecule has 2 aromatic rings. The van der Waals surface area contributed by atoms with Crippen molar-refractivity contribution in [3.05, 3.63) is 39.2 Å². The minimum absolute atomic E-state index is 0.0340. The molecule has 0 bridgehead atoms. The molecule has 2 saturated heterocycles. The van der Waals surface area contributed by atoms with E-state index >= 15 is 0 Å². The molecule has 0 unspecified atom stereocenters. The predicted molar refractivity (Wildman–Crippen MR) is 117 cm³/mol. The van der Waals surface area contributed by atoms with Gasteiger partial charge in [-0.05, 0) is 32.1 Å². The average Bonchev–Trinajstić information content (AvgIpc) is 3.26. The fourth-order valence-electron chi connectivity index (χ4n) is 4.04. The van der Waals surface area contributed by atoms with Crippen LogP contribution in [-0.2, 0) is 28.5 Å². The Morgan fingerprint density at radius 1 is 1.19 bits per heavy atom. The van der Waals surface area contributed by atoms with Gasteiger partial charge in [0.1, 0.15) is 30.1 Å². The summed E-state index contributed by atoms with van der Waals surface area (Å²) in [6, 6.07) is 3.48. The lowest BCUT2D eigenvalue weighted by Crippen LogP contribution is -2.33. The Bertz CT molecular complexity index is 1050. The monoisotopic (exact) mass is 489 g/mol. The van der Waals surface area contributed by atoms with Gasteiger partial charge < -0.3 is 28.3 Å². The molecule has 0 radical (unpaired) electrons. The fraction of sp³-hybridized carbons (Fsp3) is 0.476. The third-order valence-electron chi connectivity index (χ3n) is 5.22. The first kappa shape index (κ1) is 22.7. The van der Waals surface area contributed by atoms with E-state index in [1.165, 1.54) is 13.2 Å². The van der Waals surface area contributed by atoms with Gasteiger partial charge in [0, 0.05) is 17.9 Å². The van der Waals surface area contributed by atoms with Crippen LogP contribution in [0.3, 0.4) is 0 Å². The number of carbonyl (C=O) groups is 1. The highest BCUT2D eigenvalue weighted by Crippen LogP contribution is 2.47. The van der Waals surface area contributed by atoms with Crippen LogP contribution in [0.15, 0.2) is 18.4 Å². The van der Waals surface area contributed by atoms with Crippen LogP contribution in [0.2, 0.25) is 15.2 Å². The SMILES string of the molecule is CO/C=C/c1c(Cl)n([C@@H]2O[C@H](COC(C)=O)[C@H]3OC(C)(C)O[C@H]32)c2cc(Cl)c(Cl)cc12. The van der Waals surface area contributed by atoms with Gasteiger partial charge in [-0.2, -0.15) is 0 Å². The third-order valence-corrected chi connectivity index (χ3v) is 6.33. The van der Waals surface area contributed by atoms with E-state index < -0.39 is 36.3 Å². The minimum atomic E-state index is -0.832. The van der Waals surface area contributed by atoms with Gasteiger partial charge in [0.05, 0.1) is 28.9 Å². The van der Waals surface area contributed by atoms with Crippen LogP contribution < -0.4 is 0 Å². The van der Waals surface area contributed by atoms with E-state index in [2.05, 4.69) is 0 Å². The molecule has 0 aliphatic carbocycles. The number of aromatic nitrogens is 1. The summed E-state index contributed by atoms with van der Waals surface area (Å²) < 4.78 is 30.5. The van der Waals surface area contributed by atoms with Gasteiger partial charge in [-0.25, -0.2) is 0 Å². The van der Waals surface area contributed by atoms with E-state index in [0.29, 0.717) is 26.3 Å². The number of hydrogen-bond acceptors (Lipinski definition) is 6. The number of fused-ring (bicyclic) bond motifs is 2. The molecule has 168 valence electrons. The van der Waals surface area contributed by atoms with E-state index in [4.69, 9.17) is 58.5 Å². The molecule has 0 saturated carbocycles. The van der Waals surface area contributed by atoms with Crippen LogP contribution in [-0.4, -0.2) is 48.4 Å². The lowest BCUT2D eigenvalue weighted by atomic mass is 10.1. The summed E-state index contributed by atoms with van der Waals surface area (Å²) in [4.78, 5) is 11.4. The number of benzene rings is 1. The van der Waals surface area contributed by atoms with Crippen molar-refractivity contribution in [3.8, 4) is 0 Å². The molecule has 1 aromatic carbocycles. The summed E-state index contributed by atoms with van der Waals surface area (Å²) in [5.41, 5.74) is 1.40. The van der Waals surface area contributed by atoms with Gasteiger partial charge >= 0.3 is 5.97 Å². The lowest BCUT2D eigenvalue weighted by Gasteiger charge is -2.25. The van der Waals surface area contributed by atoms with E-state index in [1.54, 1.807) is 29.9 Å². The van der Waals surface area contributed by atoms with Crippen LogP contribution >= 0.6 is 34.8 Å². The number of methoxy groups -OCH3 is 1. The number of hydrogen-bond donors (Lipinski definition) is 0. The summed E-state index contributed by atoms with van der Waals surface area (Å²) >= 11 is 19.4. The van der Waals surface area contributed by atoms with E-state index in [0.717, 1.165) is 5.39 Å². The molecular weight excluding hydrogens is 469 g/mol. The van der Waals surface area contributed by atoms with Gasteiger partial charge in [0.25, 0.3) is 0 Å². The Balaban J connectivity index is 1.83. The lowest BCUT2D eigenvalue weighted by molar-refractivity contribution is -0.201. The second kappa shape index (κ2) is 8.46. The number of ether oxygens (including phenoxy) is 5. The number of nitrogens with zero attached hydrogens (tertiary/aromatic N) is 1. The highest BCUT2D eigenvalue weighted by molar-refractivity contribution is 6.43. The topological polar surface area (TPSA) is 68.2 Å². The zero-order valence-corrected chi connectivity index (χ0v) is 19.6. The van der Waals surface area contributed by atoms with Crippen LogP contribution in [0.1, 0.15) is 32.6 Å². The molecule has 31 heavy (non-hydrogen) atoms. The quantitative estimate of drug-likeness (QED) is 0.424. The van der Waals surface area contributed by atoms with Crippen molar-refractivity contribution in [2.75, 3.05) is 13.7 Å². The normalized spacial score (nSPS) is 27.2. The molecule has 1 aromatic heterocycles. The van der Waals surface area contributed by atoms with Crippen LogP contribution in [0.25, 0.3) is 17.0 Å². The third kappa shape index (κ3) is 4.15. The second-order valence-electron chi connectivity index (χ2n) is 7.83. The Kier molecular flexibility index (Phi) is 6.20. The van der Waals surface area contributed by atoms with Gasteiger partial charge in [-0.15, -0.1) is 0 Å². The Morgan fingerprint density at radius 2 is 1.87 bits per heavy atom. The summed E-state index contributed by atoms with van der Waals surface area (Å²) in [5.74, 6) is -1.24. The largest absolute Gasteiger partial charge is 0.504 e. The number of halogens is 3. The molecule has 10 heteroatoms. The Labute approximate surface area is 194 Å². The van der Waals surface area contributed by atoms with Crippen molar-refractivity contribution in [1.29, 1.82) is 0 Å². The summed E-state index contributed by atoms with van der Waals surface area (Å²) in [6.07, 6.45) is 1.14. The smallest absolute Gasteiger partial charge is 0.302 e. The first-order valence-corrected chi connectivity index (χ1v) is 10.8. The van der Waals surface area contributed by atoms with Gasteiger partial charge in [-0.1, -0.05) is 34.8 Å². The number of rotatable bonds is 5. The molecule has 0 amide bonds. The zero-order valence-electron chi connectivity index (χ0n) is 17.4. The standard InChI is InChI=1S/C21H22Cl3NO6/c1-10(26)28-9-16-17-18(31-21(2,3)30-17)20(29-16)25-15-8-14(23)13(22)7-12(15)11(19(25)24)5-6-27-4/h5-8,16-18,20H,9H2,1-4H3/b6-5+/t16-,17-,18-,20-/m1/s1. The maximum atomic E-state index is 11.4. The number of esters is 1. The maximum absolute atomic E-state index is 11.4. The molecule has 4 atom stereocenters. The van der Waals surface area contributed by atoms with Gasteiger partial charge in [0.2, 0.25) is 0 Å². The molecule has 0 N–H and O–H groups in total. The molecule has 3 heterocycles. The molecule has 2 aliphatic heterocycles. The molecule has 7 nitrogen and oxygen atoms in total. The second-order valence-corrected chi connectivity index (χ2v) is 9.00. The Hall–Kier alpha value is -1.48. The molecular formula is C21H22Cl3NO6. The van der Waals surface area contributed by atoms with Crippen molar-refractivity contribution < 1.29 is 28.5 Å². The Morgan fingerprint density at radius 3 is 2.55 bits per heavy atom. The summed E-state index contributed by atoms with van der Waals surface area (Å²) in [7, 11) is 1.55. The van der Waals surface area contributed by atoms with Crippen molar-refractivity contribution in [2.45, 2.75) is 51.1 Å². The highest BCUT2D eigenvalue weighted by atomic mass is 35.5. The summed E-state index contributed by atoms with van der Waals surface area (Å²) in [5, 5.41) is 1.94. The van der Waals surface area contributed by atoms with Gasteiger partial charge in [-0.3, -0.25) is 4.79 Å². The predicted octanol–water partition coefficient (Wildman–Crippen LogP) is 5.20. The van der Waals surface area contributed by atoms with E-state index in [1.807, 2.05) is 13.8 Å². The molecule has 2 fully saturated rings. The van der Waals surface area contributed by atoms with Crippen molar-refractivity contribution in [2.24, 2.45) is 0 Å². The zero-order chi connectivity index (χ0) is 22.5. The average molecular weight is 491 g/mol. The first-order valence-electron chi connectivity index (χ1n) is 9.65. The van der Waals surface area contributed by atoms with Crippen molar-refractivity contribution in [1.82, 2.24) is 4.57 Å². The van der Waals surface area contributed by atoms with Crippen molar-refractivity contribution in [3.63, 3.8) is 0 Å². The van der Waals surface area contributed by atoms with Crippen LogP contribution in [0, 0.1) is 0 Å². The molecule has 2 aliphatic rings. The highest BCUT2D eigenvalue weighted by Gasteiger charge is 2.56. The minimum Gasteiger partial charge on any atom is -0.504 e. The fourth-order valence-corrected chi connectivity index (χ4v) is 4.72. The molecule has 0 spiro atoms. The summed E-state index contributed by atoms with van der Waals surface area (Å²) in [6.45, 7) is 5.02. The van der Waals surface area contributed by atoms with E-state index in [-0.39, 0.29) is 6.61 Å². The van der Waals surface area contributed by atoms with E-state index in [9.17, 15) is 4.79 Å². The first-order chi connectivity index (χ1) is 14.6. The number of carbonyl (C=O) groups excluding carboxylic acids is 1.